The van der Waals surface area contributed by atoms with E-state index >= 15 is 0 Å². The van der Waals surface area contributed by atoms with Crippen molar-refractivity contribution in [2.75, 3.05) is 6.54 Å². The van der Waals surface area contributed by atoms with Crippen molar-refractivity contribution < 1.29 is 0 Å². The summed E-state index contributed by atoms with van der Waals surface area (Å²) in [6, 6.07) is 2.13. The van der Waals surface area contributed by atoms with Gasteiger partial charge in [-0.2, -0.15) is 0 Å². The Morgan fingerprint density at radius 1 is 1.64 bits per heavy atom. The molecule has 0 fully saturated rings. The van der Waals surface area contributed by atoms with E-state index in [2.05, 4.69) is 30.5 Å². The molecule has 2 heteroatoms. The molecule has 1 heterocycles. The van der Waals surface area contributed by atoms with E-state index < -0.39 is 0 Å². The quantitative estimate of drug-likeness (QED) is 0.735. The molecule has 0 unspecified atom stereocenters. The third-order valence-electron chi connectivity index (χ3n) is 1.53. The van der Waals surface area contributed by atoms with Gasteiger partial charge in [-0.15, -0.1) is 11.3 Å². The minimum Gasteiger partial charge on any atom is -0.330 e. The smallest absolute Gasteiger partial charge is 0.00864 e. The van der Waals surface area contributed by atoms with Crippen molar-refractivity contribution in [2.45, 2.75) is 13.3 Å². The Morgan fingerprint density at radius 2 is 2.45 bits per heavy atom. The van der Waals surface area contributed by atoms with Gasteiger partial charge in [-0.25, -0.2) is 0 Å². The molecule has 1 aromatic heterocycles. The van der Waals surface area contributed by atoms with Gasteiger partial charge in [0.25, 0.3) is 0 Å². The zero-order valence-electron chi connectivity index (χ0n) is 6.71. The second-order valence-corrected chi connectivity index (χ2v) is 3.53. The second-order valence-electron chi connectivity index (χ2n) is 2.41. The van der Waals surface area contributed by atoms with Crippen molar-refractivity contribution >= 4 is 17.4 Å². The summed E-state index contributed by atoms with van der Waals surface area (Å²) in [5, 5.41) is 2.11. The van der Waals surface area contributed by atoms with Gasteiger partial charge in [0, 0.05) is 4.88 Å². The van der Waals surface area contributed by atoms with Gasteiger partial charge in [-0.1, -0.05) is 12.2 Å². The van der Waals surface area contributed by atoms with E-state index in [-0.39, 0.29) is 0 Å². The van der Waals surface area contributed by atoms with Gasteiger partial charge in [-0.05, 0) is 36.9 Å². The average Bonchev–Trinajstić information content (AvgIpc) is 2.37. The Bertz CT molecular complexity index is 237. The molecule has 0 saturated carbocycles. The number of thiophene rings is 1. The van der Waals surface area contributed by atoms with E-state index in [1.165, 1.54) is 10.4 Å². The van der Waals surface area contributed by atoms with E-state index in [0.717, 1.165) is 13.0 Å². The van der Waals surface area contributed by atoms with Crippen LogP contribution in [0.15, 0.2) is 17.5 Å². The molecule has 11 heavy (non-hydrogen) atoms. The van der Waals surface area contributed by atoms with Crippen LogP contribution in [0.3, 0.4) is 0 Å². The van der Waals surface area contributed by atoms with Crippen LogP contribution in [0.5, 0.6) is 0 Å². The third-order valence-corrected chi connectivity index (χ3v) is 2.39. The first-order chi connectivity index (χ1) is 5.34. The molecule has 0 radical (unpaired) electrons. The van der Waals surface area contributed by atoms with E-state index in [9.17, 15) is 0 Å². The topological polar surface area (TPSA) is 26.0 Å². The predicted octanol–water partition coefficient (Wildman–Crippen LogP) is 2.42. The van der Waals surface area contributed by atoms with E-state index in [1.54, 1.807) is 11.3 Å². The molecule has 1 nitrogen and oxygen atoms in total. The lowest BCUT2D eigenvalue weighted by Crippen LogP contribution is -1.94. The average molecular weight is 167 g/mol. The summed E-state index contributed by atoms with van der Waals surface area (Å²) in [5.74, 6) is 0. The summed E-state index contributed by atoms with van der Waals surface area (Å²) in [6.07, 6.45) is 5.23. The van der Waals surface area contributed by atoms with E-state index in [4.69, 9.17) is 5.73 Å². The summed E-state index contributed by atoms with van der Waals surface area (Å²) >= 11 is 1.78. The maximum absolute atomic E-state index is 5.36. The minimum absolute atomic E-state index is 0.736. The molecule has 0 aromatic carbocycles. The Hall–Kier alpha value is -0.600. The molecule has 0 aliphatic carbocycles. The van der Waals surface area contributed by atoms with Crippen molar-refractivity contribution in [3.05, 3.63) is 28.0 Å². The number of rotatable bonds is 3. The Balaban J connectivity index is 2.56. The highest BCUT2D eigenvalue weighted by Crippen LogP contribution is 2.16. The summed E-state index contributed by atoms with van der Waals surface area (Å²) in [4.78, 5) is 1.37. The Morgan fingerprint density at radius 3 is 3.00 bits per heavy atom. The van der Waals surface area contributed by atoms with Crippen LogP contribution in [0.1, 0.15) is 16.9 Å². The molecule has 0 atom stereocenters. The lowest BCUT2D eigenvalue weighted by molar-refractivity contribution is 1.01. The van der Waals surface area contributed by atoms with Crippen LogP contribution < -0.4 is 5.73 Å². The zero-order chi connectivity index (χ0) is 8.10. The Labute approximate surface area is 71.5 Å². The molecule has 2 N–H and O–H groups in total. The first-order valence-corrected chi connectivity index (χ1v) is 4.63. The molecular weight excluding hydrogens is 154 g/mol. The first-order valence-electron chi connectivity index (χ1n) is 3.75. The lowest BCUT2D eigenvalue weighted by Gasteiger charge is -1.88. The standard InChI is InChI=1S/C9H13NS/c1-8-9(5-7-11-8)4-2-3-6-10/h2,4-5,7H,3,6,10H2,1H3/b4-2+. The van der Waals surface area contributed by atoms with Gasteiger partial charge in [0.15, 0.2) is 0 Å². The van der Waals surface area contributed by atoms with Gasteiger partial charge in [0.1, 0.15) is 0 Å². The van der Waals surface area contributed by atoms with E-state index in [1.807, 2.05) is 0 Å². The lowest BCUT2D eigenvalue weighted by atomic mass is 10.2. The molecule has 0 aliphatic heterocycles. The zero-order valence-corrected chi connectivity index (χ0v) is 7.53. The van der Waals surface area contributed by atoms with Gasteiger partial charge in [0.05, 0.1) is 0 Å². The van der Waals surface area contributed by atoms with Crippen LogP contribution in [0.25, 0.3) is 6.08 Å². The van der Waals surface area contributed by atoms with Crippen molar-refractivity contribution in [1.29, 1.82) is 0 Å². The normalized spacial score (nSPS) is 11.1. The van der Waals surface area contributed by atoms with Crippen LogP contribution in [0.2, 0.25) is 0 Å². The fourth-order valence-electron chi connectivity index (χ4n) is 0.874. The number of nitrogens with two attached hydrogens (primary N) is 1. The predicted molar refractivity (Wildman–Crippen MR) is 51.8 cm³/mol. The van der Waals surface area contributed by atoms with Crippen molar-refractivity contribution in [3.8, 4) is 0 Å². The maximum atomic E-state index is 5.36. The van der Waals surface area contributed by atoms with Crippen molar-refractivity contribution in [3.63, 3.8) is 0 Å². The summed E-state index contributed by atoms with van der Waals surface area (Å²) < 4.78 is 0. The second kappa shape index (κ2) is 4.31. The molecule has 60 valence electrons. The molecular formula is C9H13NS. The molecule has 0 bridgehead atoms. The fraction of sp³-hybridized carbons (Fsp3) is 0.333. The monoisotopic (exact) mass is 167 g/mol. The van der Waals surface area contributed by atoms with Gasteiger partial charge in [0.2, 0.25) is 0 Å². The largest absolute Gasteiger partial charge is 0.330 e. The van der Waals surface area contributed by atoms with Gasteiger partial charge < -0.3 is 5.73 Å². The molecule has 0 aliphatic rings. The van der Waals surface area contributed by atoms with Crippen molar-refractivity contribution in [2.24, 2.45) is 5.73 Å². The minimum atomic E-state index is 0.736. The van der Waals surface area contributed by atoms with Crippen LogP contribution in [-0.4, -0.2) is 6.54 Å². The fourth-order valence-corrected chi connectivity index (χ4v) is 1.57. The number of hydrogen-bond donors (Lipinski definition) is 1. The molecule has 1 aromatic rings. The third kappa shape index (κ3) is 2.48. The van der Waals surface area contributed by atoms with Crippen LogP contribution >= 0.6 is 11.3 Å². The molecule has 1 rings (SSSR count). The van der Waals surface area contributed by atoms with Gasteiger partial charge >= 0.3 is 0 Å². The van der Waals surface area contributed by atoms with Gasteiger partial charge in [-0.3, -0.25) is 0 Å². The SMILES string of the molecule is Cc1sccc1/C=C/CCN. The highest BCUT2D eigenvalue weighted by molar-refractivity contribution is 7.10. The first kappa shape index (κ1) is 8.50. The van der Waals surface area contributed by atoms with E-state index in [0.29, 0.717) is 0 Å². The Kier molecular flexibility index (Phi) is 3.33. The van der Waals surface area contributed by atoms with Crippen molar-refractivity contribution in [1.82, 2.24) is 0 Å². The number of aryl methyl sites for hydroxylation is 1. The van der Waals surface area contributed by atoms with Crippen LogP contribution in [-0.2, 0) is 0 Å². The number of hydrogen-bond acceptors (Lipinski definition) is 2. The van der Waals surface area contributed by atoms with Crippen LogP contribution in [0.4, 0.5) is 0 Å². The molecule has 0 saturated heterocycles. The molecule has 0 amide bonds. The highest BCUT2D eigenvalue weighted by atomic mass is 32.1. The highest BCUT2D eigenvalue weighted by Gasteiger charge is 1.91. The summed E-state index contributed by atoms with van der Waals surface area (Å²) in [6.45, 7) is 2.87. The molecule has 0 spiro atoms. The maximum Gasteiger partial charge on any atom is 0.00864 e. The van der Waals surface area contributed by atoms with Crippen LogP contribution in [0, 0.1) is 6.92 Å². The summed E-state index contributed by atoms with van der Waals surface area (Å²) in [7, 11) is 0. The summed E-state index contributed by atoms with van der Waals surface area (Å²) in [5.41, 5.74) is 6.68.